The fourth-order valence-corrected chi connectivity index (χ4v) is 2.33. The quantitative estimate of drug-likeness (QED) is 0.806. The molecule has 3 rings (SSSR count). The molecule has 22 heavy (non-hydrogen) atoms. The first-order chi connectivity index (χ1) is 10.4. The van der Waals surface area contributed by atoms with Crippen LogP contribution in [-0.4, -0.2) is 24.9 Å². The number of hydrogen-bond acceptors (Lipinski definition) is 4. The van der Waals surface area contributed by atoms with Crippen molar-refractivity contribution < 1.29 is 22.7 Å². The minimum absolute atomic E-state index is 0.0785. The van der Waals surface area contributed by atoms with Crippen molar-refractivity contribution in [3.63, 3.8) is 0 Å². The highest BCUT2D eigenvalue weighted by molar-refractivity contribution is 6.06. The normalized spacial score (nSPS) is 20.3. The van der Waals surface area contributed by atoms with Crippen LogP contribution in [0.25, 0.3) is 0 Å². The second-order valence-electron chi connectivity index (χ2n) is 4.88. The third-order valence-electron chi connectivity index (χ3n) is 3.33. The Labute approximate surface area is 124 Å². The predicted octanol–water partition coefficient (Wildman–Crippen LogP) is 3.07. The van der Waals surface area contributed by atoms with Gasteiger partial charge in [-0.1, -0.05) is 12.2 Å². The molecule has 1 unspecified atom stereocenters. The molecule has 1 aliphatic carbocycles. The predicted molar refractivity (Wildman–Crippen MR) is 74.7 cm³/mol. The number of hydrogen-bond donors (Lipinski definition) is 0. The number of nitrogens with zero attached hydrogens (tertiary/aromatic N) is 2. The molecule has 0 aromatic heterocycles. The van der Waals surface area contributed by atoms with Crippen molar-refractivity contribution >= 4 is 17.7 Å². The van der Waals surface area contributed by atoms with Gasteiger partial charge in [0.05, 0.1) is 17.9 Å². The number of carbonyl (C=O) groups excluding carboxylic acids is 1. The monoisotopic (exact) mass is 308 g/mol. The van der Waals surface area contributed by atoms with Crippen molar-refractivity contribution in [1.82, 2.24) is 0 Å². The molecule has 1 aromatic rings. The van der Waals surface area contributed by atoms with Gasteiger partial charge in [-0.05, 0) is 30.3 Å². The molecule has 1 aromatic carbocycles. The molecule has 0 bridgehead atoms. The van der Waals surface area contributed by atoms with Gasteiger partial charge in [0.1, 0.15) is 12.0 Å². The molecule has 0 N–H and O–H groups in total. The summed E-state index contributed by atoms with van der Waals surface area (Å²) < 4.78 is 40.2. The van der Waals surface area contributed by atoms with Crippen molar-refractivity contribution in [1.29, 1.82) is 0 Å². The van der Waals surface area contributed by atoms with Crippen LogP contribution in [0.2, 0.25) is 0 Å². The molecule has 0 saturated heterocycles. The highest BCUT2D eigenvalue weighted by Gasteiger charge is 2.31. The summed E-state index contributed by atoms with van der Waals surface area (Å²) in [6.45, 7) is 0.577. The Morgan fingerprint density at radius 3 is 2.64 bits per heavy atom. The van der Waals surface area contributed by atoms with E-state index in [2.05, 4.69) is 9.84 Å². The van der Waals surface area contributed by atoms with Crippen molar-refractivity contribution in [2.45, 2.75) is 6.36 Å². The van der Waals surface area contributed by atoms with E-state index in [9.17, 15) is 18.0 Å². The lowest BCUT2D eigenvalue weighted by atomic mass is 9.96. The number of rotatable bonds is 3. The second-order valence-corrected chi connectivity index (χ2v) is 4.88. The lowest BCUT2D eigenvalue weighted by Crippen LogP contribution is -2.19. The number of fused-ring (bicyclic) bond motifs is 1. The third-order valence-corrected chi connectivity index (χ3v) is 3.33. The molecule has 1 aliphatic heterocycles. The first-order valence-electron chi connectivity index (χ1n) is 6.51. The van der Waals surface area contributed by atoms with Gasteiger partial charge >= 0.3 is 6.36 Å². The lowest BCUT2D eigenvalue weighted by Gasteiger charge is -2.16. The molecule has 0 saturated carbocycles. The highest BCUT2D eigenvalue weighted by Crippen LogP contribution is 2.29. The number of benzene rings is 1. The van der Waals surface area contributed by atoms with E-state index in [1.54, 1.807) is 17.2 Å². The van der Waals surface area contributed by atoms with E-state index in [1.807, 2.05) is 6.08 Å². The molecule has 114 valence electrons. The van der Waals surface area contributed by atoms with Gasteiger partial charge in [0.2, 0.25) is 0 Å². The highest BCUT2D eigenvalue weighted by atomic mass is 19.4. The van der Waals surface area contributed by atoms with E-state index >= 15 is 0 Å². The average molecular weight is 308 g/mol. The Morgan fingerprint density at radius 1 is 1.27 bits per heavy atom. The van der Waals surface area contributed by atoms with Crippen LogP contribution in [0.5, 0.6) is 5.75 Å². The zero-order valence-electron chi connectivity index (χ0n) is 11.2. The van der Waals surface area contributed by atoms with E-state index in [4.69, 9.17) is 0 Å². The maximum atomic E-state index is 12.1. The van der Waals surface area contributed by atoms with E-state index in [-0.39, 0.29) is 11.7 Å². The Hall–Kier alpha value is -2.57. The lowest BCUT2D eigenvalue weighted by molar-refractivity contribution is -0.274. The number of alkyl halides is 3. The standard InChI is InChI=1S/C15H11F3N2O2/c16-15(17,18)22-13-5-3-12(4-6-13)20-8-11-2-1-10(9-21)7-14(11)19-20/h1-7,9,11H,8H2. The summed E-state index contributed by atoms with van der Waals surface area (Å²) in [5.41, 5.74) is 1.97. The molecule has 0 fully saturated rings. The molecule has 7 heteroatoms. The Bertz CT molecular complexity index is 675. The minimum Gasteiger partial charge on any atom is -0.406 e. The largest absolute Gasteiger partial charge is 0.573 e. The van der Waals surface area contributed by atoms with E-state index in [0.29, 0.717) is 17.8 Å². The van der Waals surface area contributed by atoms with Crippen LogP contribution in [0.15, 0.2) is 53.2 Å². The Balaban J connectivity index is 1.76. The van der Waals surface area contributed by atoms with Crippen molar-refractivity contribution in [2.24, 2.45) is 11.0 Å². The van der Waals surface area contributed by atoms with Crippen LogP contribution < -0.4 is 9.75 Å². The molecular weight excluding hydrogens is 297 g/mol. The number of carbonyl (C=O) groups is 1. The first kappa shape index (κ1) is 14.4. The fourth-order valence-electron chi connectivity index (χ4n) is 2.33. The van der Waals surface area contributed by atoms with Crippen molar-refractivity contribution in [2.75, 3.05) is 11.6 Å². The Kier molecular flexibility index (Phi) is 3.48. The fraction of sp³-hybridized carbons (Fsp3) is 0.200. The van der Waals surface area contributed by atoms with Crippen LogP contribution >= 0.6 is 0 Å². The Morgan fingerprint density at radius 2 is 2.00 bits per heavy atom. The molecule has 4 nitrogen and oxygen atoms in total. The number of allylic oxidation sites excluding steroid dienone is 3. The summed E-state index contributed by atoms with van der Waals surface area (Å²) in [5.74, 6) is -0.196. The van der Waals surface area contributed by atoms with Crippen molar-refractivity contribution in [3.05, 3.63) is 48.1 Å². The van der Waals surface area contributed by atoms with Crippen LogP contribution in [-0.2, 0) is 4.79 Å². The van der Waals surface area contributed by atoms with E-state index in [1.165, 1.54) is 24.3 Å². The van der Waals surface area contributed by atoms with E-state index < -0.39 is 6.36 Å². The van der Waals surface area contributed by atoms with Crippen LogP contribution in [0, 0.1) is 5.92 Å². The van der Waals surface area contributed by atoms with Crippen LogP contribution in [0.1, 0.15) is 0 Å². The molecule has 0 amide bonds. The maximum absolute atomic E-state index is 12.1. The summed E-state index contributed by atoms with van der Waals surface area (Å²) in [4.78, 5) is 10.8. The molecule has 0 spiro atoms. The molecule has 1 atom stereocenters. The van der Waals surface area contributed by atoms with Gasteiger partial charge in [-0.3, -0.25) is 9.80 Å². The van der Waals surface area contributed by atoms with Crippen LogP contribution in [0.3, 0.4) is 0 Å². The summed E-state index contributed by atoms with van der Waals surface area (Å²) in [6.07, 6.45) is 1.38. The summed E-state index contributed by atoms with van der Waals surface area (Å²) in [6, 6.07) is 5.51. The maximum Gasteiger partial charge on any atom is 0.573 e. The van der Waals surface area contributed by atoms with Gasteiger partial charge in [0, 0.05) is 11.5 Å². The van der Waals surface area contributed by atoms with Gasteiger partial charge < -0.3 is 4.74 Å². The topological polar surface area (TPSA) is 41.9 Å². The van der Waals surface area contributed by atoms with E-state index in [0.717, 1.165) is 12.0 Å². The SMILES string of the molecule is O=CC1=CC2=NN(c3ccc(OC(F)(F)F)cc3)CC2C=C1. The number of hydrazone groups is 1. The zero-order chi connectivity index (χ0) is 15.7. The molecule has 1 heterocycles. The minimum atomic E-state index is -4.70. The van der Waals surface area contributed by atoms with Gasteiger partial charge in [-0.15, -0.1) is 13.2 Å². The van der Waals surface area contributed by atoms with Crippen LogP contribution in [0.4, 0.5) is 18.9 Å². The van der Waals surface area contributed by atoms with Crippen molar-refractivity contribution in [3.8, 4) is 5.75 Å². The molecule has 0 radical (unpaired) electrons. The number of anilines is 1. The molecular formula is C15H11F3N2O2. The molecule has 2 aliphatic rings. The average Bonchev–Trinajstić information content (AvgIpc) is 2.89. The number of ether oxygens (including phenoxy) is 1. The van der Waals surface area contributed by atoms with Gasteiger partial charge in [-0.25, -0.2) is 0 Å². The number of aldehydes is 1. The van der Waals surface area contributed by atoms with Gasteiger partial charge in [0.25, 0.3) is 0 Å². The van der Waals surface area contributed by atoms with Gasteiger partial charge in [-0.2, -0.15) is 5.10 Å². The summed E-state index contributed by atoms with van der Waals surface area (Å²) in [5, 5.41) is 6.07. The first-order valence-corrected chi connectivity index (χ1v) is 6.51. The van der Waals surface area contributed by atoms with Gasteiger partial charge in [0.15, 0.2) is 0 Å². The number of halogens is 3. The summed E-state index contributed by atoms with van der Waals surface area (Å²) >= 11 is 0. The smallest absolute Gasteiger partial charge is 0.406 e. The third kappa shape index (κ3) is 3.03. The second kappa shape index (κ2) is 5.32. The zero-order valence-corrected chi connectivity index (χ0v) is 11.2. The summed E-state index contributed by atoms with van der Waals surface area (Å²) in [7, 11) is 0.